The molecule has 84 valence electrons. The topological polar surface area (TPSA) is 56.7 Å². The number of pyridine rings is 1. The van der Waals surface area contributed by atoms with Gasteiger partial charge in [-0.3, -0.25) is 9.67 Å². The van der Waals surface area contributed by atoms with Crippen molar-refractivity contribution in [2.45, 2.75) is 27.3 Å². The lowest BCUT2D eigenvalue weighted by atomic mass is 10.2. The van der Waals surface area contributed by atoms with Crippen LogP contribution < -0.4 is 5.73 Å². The van der Waals surface area contributed by atoms with Crippen molar-refractivity contribution in [3.63, 3.8) is 0 Å². The molecule has 0 bridgehead atoms. The predicted molar refractivity (Wildman–Crippen MR) is 64.2 cm³/mol. The highest BCUT2D eigenvalue weighted by atomic mass is 15.3. The van der Waals surface area contributed by atoms with Gasteiger partial charge in [-0.1, -0.05) is 0 Å². The van der Waals surface area contributed by atoms with Crippen LogP contribution in [0, 0.1) is 20.8 Å². The molecule has 16 heavy (non-hydrogen) atoms. The molecule has 2 aromatic heterocycles. The van der Waals surface area contributed by atoms with E-state index in [0.717, 1.165) is 17.1 Å². The normalized spacial score (nSPS) is 10.7. The van der Waals surface area contributed by atoms with Gasteiger partial charge in [0.1, 0.15) is 0 Å². The molecule has 0 fully saturated rings. The molecule has 2 aromatic rings. The van der Waals surface area contributed by atoms with Gasteiger partial charge in [-0.05, 0) is 38.5 Å². The Kier molecular flexibility index (Phi) is 2.64. The monoisotopic (exact) mass is 216 g/mol. The number of nitrogens with zero attached hydrogens (tertiary/aromatic N) is 3. The summed E-state index contributed by atoms with van der Waals surface area (Å²) in [6.45, 7) is 6.85. The molecule has 0 atom stereocenters. The molecular weight excluding hydrogens is 200 g/mol. The van der Waals surface area contributed by atoms with Crippen LogP contribution in [0.3, 0.4) is 0 Å². The average molecular weight is 216 g/mol. The molecule has 0 amide bonds. The highest BCUT2D eigenvalue weighted by molar-refractivity contribution is 5.37. The van der Waals surface area contributed by atoms with Crippen LogP contribution in [-0.4, -0.2) is 14.8 Å². The SMILES string of the molecule is Cc1nn(Cc2cc(N)ccn2)c(C)c1C. The average Bonchev–Trinajstić information content (AvgIpc) is 2.47. The van der Waals surface area contributed by atoms with Crippen molar-refractivity contribution >= 4 is 5.69 Å². The van der Waals surface area contributed by atoms with Crippen molar-refractivity contribution < 1.29 is 0 Å². The molecule has 4 nitrogen and oxygen atoms in total. The highest BCUT2D eigenvalue weighted by Crippen LogP contribution is 2.13. The van der Waals surface area contributed by atoms with E-state index >= 15 is 0 Å². The summed E-state index contributed by atoms with van der Waals surface area (Å²) < 4.78 is 1.96. The molecule has 0 aromatic carbocycles. The molecule has 0 aliphatic heterocycles. The van der Waals surface area contributed by atoms with Gasteiger partial charge in [0.05, 0.1) is 17.9 Å². The van der Waals surface area contributed by atoms with Gasteiger partial charge in [0.2, 0.25) is 0 Å². The second-order valence-electron chi connectivity index (χ2n) is 4.03. The van der Waals surface area contributed by atoms with Crippen LogP contribution in [0.2, 0.25) is 0 Å². The van der Waals surface area contributed by atoms with Crippen molar-refractivity contribution in [1.82, 2.24) is 14.8 Å². The molecule has 2 rings (SSSR count). The quantitative estimate of drug-likeness (QED) is 0.833. The lowest BCUT2D eigenvalue weighted by Crippen LogP contribution is -2.06. The third kappa shape index (κ3) is 1.91. The van der Waals surface area contributed by atoms with Crippen molar-refractivity contribution in [2.75, 3.05) is 5.73 Å². The molecule has 2 N–H and O–H groups in total. The van der Waals surface area contributed by atoms with Crippen LogP contribution in [0.1, 0.15) is 22.6 Å². The lowest BCUT2D eigenvalue weighted by molar-refractivity contribution is 0.646. The van der Waals surface area contributed by atoms with Gasteiger partial charge in [-0.25, -0.2) is 0 Å². The number of aromatic nitrogens is 3. The van der Waals surface area contributed by atoms with E-state index in [0.29, 0.717) is 6.54 Å². The molecule has 0 radical (unpaired) electrons. The van der Waals surface area contributed by atoms with Crippen molar-refractivity contribution in [3.05, 3.63) is 41.0 Å². The van der Waals surface area contributed by atoms with Gasteiger partial charge >= 0.3 is 0 Å². The predicted octanol–water partition coefficient (Wildman–Crippen LogP) is 1.83. The summed E-state index contributed by atoms with van der Waals surface area (Å²) in [7, 11) is 0. The van der Waals surface area contributed by atoms with E-state index in [1.54, 1.807) is 12.3 Å². The van der Waals surface area contributed by atoms with E-state index in [4.69, 9.17) is 5.73 Å². The van der Waals surface area contributed by atoms with Crippen LogP contribution in [0.5, 0.6) is 0 Å². The maximum absolute atomic E-state index is 5.72. The first kappa shape index (κ1) is 10.7. The summed E-state index contributed by atoms with van der Waals surface area (Å²) >= 11 is 0. The maximum Gasteiger partial charge on any atom is 0.0835 e. The molecule has 0 saturated carbocycles. The Labute approximate surface area is 95.1 Å². The zero-order valence-electron chi connectivity index (χ0n) is 9.86. The van der Waals surface area contributed by atoms with E-state index in [9.17, 15) is 0 Å². The minimum atomic E-state index is 0.672. The number of nitrogen functional groups attached to an aromatic ring is 1. The number of aryl methyl sites for hydroxylation is 1. The molecular formula is C12H16N4. The van der Waals surface area contributed by atoms with Crippen LogP contribution in [-0.2, 0) is 6.54 Å². The Morgan fingerprint density at radius 2 is 2.06 bits per heavy atom. The molecule has 2 heterocycles. The summed E-state index contributed by atoms with van der Waals surface area (Å²) in [5, 5.41) is 4.47. The number of hydrogen-bond acceptors (Lipinski definition) is 3. The Morgan fingerprint density at radius 3 is 2.62 bits per heavy atom. The van der Waals surface area contributed by atoms with Crippen LogP contribution in [0.15, 0.2) is 18.3 Å². The standard InChI is InChI=1S/C12H16N4/c1-8-9(2)15-16(10(8)3)7-12-6-11(13)4-5-14-12/h4-6H,7H2,1-3H3,(H2,13,14). The lowest BCUT2D eigenvalue weighted by Gasteiger charge is -2.04. The minimum absolute atomic E-state index is 0.672. The third-order valence-electron chi connectivity index (χ3n) is 2.90. The van der Waals surface area contributed by atoms with E-state index < -0.39 is 0 Å². The fraction of sp³-hybridized carbons (Fsp3) is 0.333. The Morgan fingerprint density at radius 1 is 1.31 bits per heavy atom. The fourth-order valence-corrected chi connectivity index (χ4v) is 1.68. The summed E-state index contributed by atoms with van der Waals surface area (Å²) in [6, 6.07) is 3.67. The Balaban J connectivity index is 2.30. The number of hydrogen-bond donors (Lipinski definition) is 1. The Bertz CT molecular complexity index is 514. The molecule has 0 aliphatic carbocycles. The van der Waals surface area contributed by atoms with Gasteiger partial charge in [0.25, 0.3) is 0 Å². The number of nitrogens with two attached hydrogens (primary N) is 1. The molecule has 0 spiro atoms. The third-order valence-corrected chi connectivity index (χ3v) is 2.90. The summed E-state index contributed by atoms with van der Waals surface area (Å²) in [6.07, 6.45) is 1.73. The first-order chi connectivity index (χ1) is 7.58. The molecule has 0 aliphatic rings. The van der Waals surface area contributed by atoms with Gasteiger partial charge in [-0.2, -0.15) is 5.10 Å². The van der Waals surface area contributed by atoms with E-state index in [1.165, 1.54) is 11.3 Å². The highest BCUT2D eigenvalue weighted by Gasteiger charge is 2.07. The van der Waals surface area contributed by atoms with Crippen molar-refractivity contribution in [2.24, 2.45) is 0 Å². The smallest absolute Gasteiger partial charge is 0.0835 e. The fourth-order valence-electron chi connectivity index (χ4n) is 1.68. The maximum atomic E-state index is 5.72. The van der Waals surface area contributed by atoms with Crippen molar-refractivity contribution in [1.29, 1.82) is 0 Å². The Hall–Kier alpha value is -1.84. The summed E-state index contributed by atoms with van der Waals surface area (Å²) in [4.78, 5) is 4.27. The van der Waals surface area contributed by atoms with Crippen molar-refractivity contribution in [3.8, 4) is 0 Å². The number of rotatable bonds is 2. The van der Waals surface area contributed by atoms with Gasteiger partial charge in [-0.15, -0.1) is 0 Å². The summed E-state index contributed by atoms with van der Waals surface area (Å²) in [5.74, 6) is 0. The van der Waals surface area contributed by atoms with E-state index in [1.807, 2.05) is 17.7 Å². The molecule has 0 saturated heterocycles. The zero-order valence-corrected chi connectivity index (χ0v) is 9.86. The first-order valence-electron chi connectivity index (χ1n) is 5.29. The molecule has 0 unspecified atom stereocenters. The first-order valence-corrected chi connectivity index (χ1v) is 5.29. The second kappa shape index (κ2) is 3.96. The van der Waals surface area contributed by atoms with Gasteiger partial charge in [0.15, 0.2) is 0 Å². The van der Waals surface area contributed by atoms with Crippen LogP contribution in [0.4, 0.5) is 5.69 Å². The molecule has 4 heteroatoms. The number of anilines is 1. The zero-order chi connectivity index (χ0) is 11.7. The largest absolute Gasteiger partial charge is 0.399 e. The van der Waals surface area contributed by atoms with Gasteiger partial charge in [0, 0.05) is 17.6 Å². The second-order valence-corrected chi connectivity index (χ2v) is 4.03. The van der Waals surface area contributed by atoms with Gasteiger partial charge < -0.3 is 5.73 Å². The van der Waals surface area contributed by atoms with Crippen LogP contribution in [0.25, 0.3) is 0 Å². The minimum Gasteiger partial charge on any atom is -0.399 e. The van der Waals surface area contributed by atoms with Crippen LogP contribution >= 0.6 is 0 Å². The van der Waals surface area contributed by atoms with E-state index in [-0.39, 0.29) is 0 Å². The van der Waals surface area contributed by atoms with E-state index in [2.05, 4.69) is 23.9 Å². The summed E-state index contributed by atoms with van der Waals surface area (Å²) in [5.41, 5.74) is 10.9.